The monoisotopic (exact) mass is 280 g/mol. The normalized spacial score (nSPS) is 20.4. The second kappa shape index (κ2) is 7.65. The smallest absolute Gasteiger partial charge is 0.225 e. The number of nitrogens with one attached hydrogen (secondary N) is 1. The molecule has 106 valence electrons. The highest BCUT2D eigenvalue weighted by Gasteiger charge is 2.15. The molecule has 0 saturated carbocycles. The number of carbonyl (C=O) groups is 1. The van der Waals surface area contributed by atoms with Gasteiger partial charge in [-0.05, 0) is 49.7 Å². The molecular weight excluding hydrogens is 256 g/mol. The molecule has 0 radical (unpaired) electrons. The third kappa shape index (κ3) is 5.33. The van der Waals surface area contributed by atoms with Gasteiger partial charge in [-0.1, -0.05) is 13.0 Å². The molecule has 1 aromatic rings. The number of carbonyl (C=O) groups excluding carboxylic acids is 1. The molecule has 0 bridgehead atoms. The highest BCUT2D eigenvalue weighted by atomic mass is 32.1. The Hall–Kier alpha value is -0.870. The molecule has 1 fully saturated rings. The first kappa shape index (κ1) is 14.5. The summed E-state index contributed by atoms with van der Waals surface area (Å²) in [7, 11) is 0. The van der Waals surface area contributed by atoms with E-state index < -0.39 is 0 Å². The summed E-state index contributed by atoms with van der Waals surface area (Å²) in [6.45, 7) is 6.70. The van der Waals surface area contributed by atoms with Gasteiger partial charge in [-0.15, -0.1) is 11.3 Å². The molecule has 1 aliphatic heterocycles. The summed E-state index contributed by atoms with van der Waals surface area (Å²) in [6, 6.07) is 4.00. The standard InChI is InChI=1S/C15H24N2OS/c1-13-5-2-8-17(12-13)9-4-7-16-15(18)11-14-6-3-10-19-14/h3,6,10,13H,2,4-5,7-9,11-12H2,1H3,(H,16,18)/t13-/m1/s1. The second-order valence-electron chi connectivity index (χ2n) is 5.51. The molecule has 1 aromatic heterocycles. The largest absolute Gasteiger partial charge is 0.356 e. The zero-order valence-electron chi connectivity index (χ0n) is 11.7. The summed E-state index contributed by atoms with van der Waals surface area (Å²) >= 11 is 1.64. The van der Waals surface area contributed by atoms with E-state index in [1.165, 1.54) is 25.9 Å². The van der Waals surface area contributed by atoms with Crippen LogP contribution >= 0.6 is 11.3 Å². The Balaban J connectivity index is 1.55. The fourth-order valence-corrected chi connectivity index (χ4v) is 3.36. The van der Waals surface area contributed by atoms with Crippen LogP contribution in [0.5, 0.6) is 0 Å². The van der Waals surface area contributed by atoms with Crippen LogP contribution in [-0.2, 0) is 11.2 Å². The molecule has 1 aliphatic rings. The maximum Gasteiger partial charge on any atom is 0.225 e. The van der Waals surface area contributed by atoms with Gasteiger partial charge >= 0.3 is 0 Å². The van der Waals surface area contributed by atoms with Crippen molar-refractivity contribution in [3.05, 3.63) is 22.4 Å². The summed E-state index contributed by atoms with van der Waals surface area (Å²) < 4.78 is 0. The van der Waals surface area contributed by atoms with Crippen molar-refractivity contribution in [2.24, 2.45) is 5.92 Å². The van der Waals surface area contributed by atoms with Crippen LogP contribution in [0.15, 0.2) is 17.5 Å². The van der Waals surface area contributed by atoms with Crippen LogP contribution in [-0.4, -0.2) is 37.0 Å². The van der Waals surface area contributed by atoms with Gasteiger partial charge in [0.2, 0.25) is 5.91 Å². The van der Waals surface area contributed by atoms with Crippen molar-refractivity contribution in [3.63, 3.8) is 0 Å². The number of nitrogens with zero attached hydrogens (tertiary/aromatic N) is 1. The Morgan fingerprint density at radius 3 is 3.21 bits per heavy atom. The van der Waals surface area contributed by atoms with Gasteiger partial charge in [-0.25, -0.2) is 0 Å². The fraction of sp³-hybridized carbons (Fsp3) is 0.667. The Morgan fingerprint density at radius 2 is 2.47 bits per heavy atom. The predicted molar refractivity (Wildman–Crippen MR) is 80.5 cm³/mol. The van der Waals surface area contributed by atoms with Gasteiger partial charge in [0, 0.05) is 18.0 Å². The molecule has 1 saturated heterocycles. The number of amides is 1. The van der Waals surface area contributed by atoms with Crippen molar-refractivity contribution in [2.45, 2.75) is 32.6 Å². The van der Waals surface area contributed by atoms with E-state index in [1.807, 2.05) is 17.5 Å². The topological polar surface area (TPSA) is 32.3 Å². The molecule has 3 nitrogen and oxygen atoms in total. The van der Waals surface area contributed by atoms with Crippen molar-refractivity contribution in [3.8, 4) is 0 Å². The fourth-order valence-electron chi connectivity index (χ4n) is 2.65. The zero-order chi connectivity index (χ0) is 13.5. The van der Waals surface area contributed by atoms with E-state index in [2.05, 4.69) is 17.1 Å². The number of piperidine rings is 1. The Morgan fingerprint density at radius 1 is 1.58 bits per heavy atom. The van der Waals surface area contributed by atoms with E-state index in [1.54, 1.807) is 11.3 Å². The Kier molecular flexibility index (Phi) is 5.86. The van der Waals surface area contributed by atoms with Crippen LogP contribution in [0.2, 0.25) is 0 Å². The molecular formula is C15H24N2OS. The molecule has 0 aliphatic carbocycles. The van der Waals surface area contributed by atoms with Crippen LogP contribution in [0.4, 0.5) is 0 Å². The quantitative estimate of drug-likeness (QED) is 0.812. The highest BCUT2D eigenvalue weighted by Crippen LogP contribution is 2.15. The minimum absolute atomic E-state index is 0.148. The lowest BCUT2D eigenvalue weighted by atomic mass is 10.0. The van der Waals surface area contributed by atoms with E-state index in [9.17, 15) is 4.79 Å². The van der Waals surface area contributed by atoms with E-state index in [-0.39, 0.29) is 5.91 Å². The average molecular weight is 280 g/mol. The maximum atomic E-state index is 11.7. The maximum absolute atomic E-state index is 11.7. The number of rotatable bonds is 6. The Bertz CT molecular complexity index is 378. The minimum atomic E-state index is 0.148. The summed E-state index contributed by atoms with van der Waals surface area (Å²) in [5.74, 6) is 0.983. The van der Waals surface area contributed by atoms with E-state index in [0.717, 1.165) is 30.3 Å². The third-order valence-corrected chi connectivity index (χ3v) is 4.51. The lowest BCUT2D eigenvalue weighted by Crippen LogP contribution is -2.36. The predicted octanol–water partition coefficient (Wildman–Crippen LogP) is 2.53. The molecule has 1 N–H and O–H groups in total. The van der Waals surface area contributed by atoms with Crippen LogP contribution in [0.3, 0.4) is 0 Å². The molecule has 1 atom stereocenters. The second-order valence-corrected chi connectivity index (χ2v) is 6.54. The average Bonchev–Trinajstić information content (AvgIpc) is 2.87. The van der Waals surface area contributed by atoms with E-state index >= 15 is 0 Å². The van der Waals surface area contributed by atoms with Crippen LogP contribution in [0, 0.1) is 5.92 Å². The molecule has 0 unspecified atom stereocenters. The molecule has 2 rings (SSSR count). The number of hydrogen-bond acceptors (Lipinski definition) is 3. The van der Waals surface area contributed by atoms with Gasteiger partial charge in [-0.2, -0.15) is 0 Å². The summed E-state index contributed by atoms with van der Waals surface area (Å²) in [5, 5.41) is 5.03. The third-order valence-electron chi connectivity index (χ3n) is 3.63. The number of hydrogen-bond donors (Lipinski definition) is 1. The summed E-state index contributed by atoms with van der Waals surface area (Å²) in [4.78, 5) is 15.4. The van der Waals surface area contributed by atoms with Crippen molar-refractivity contribution in [1.82, 2.24) is 10.2 Å². The first-order valence-electron chi connectivity index (χ1n) is 7.25. The van der Waals surface area contributed by atoms with Gasteiger partial charge in [0.25, 0.3) is 0 Å². The van der Waals surface area contributed by atoms with Crippen molar-refractivity contribution in [1.29, 1.82) is 0 Å². The SMILES string of the molecule is C[C@@H]1CCCN(CCCNC(=O)Cc2cccs2)C1. The molecule has 4 heteroatoms. The first-order chi connectivity index (χ1) is 9.24. The van der Waals surface area contributed by atoms with E-state index in [4.69, 9.17) is 0 Å². The van der Waals surface area contributed by atoms with Gasteiger partial charge in [0.15, 0.2) is 0 Å². The van der Waals surface area contributed by atoms with E-state index in [0.29, 0.717) is 6.42 Å². The van der Waals surface area contributed by atoms with Gasteiger partial charge in [0.05, 0.1) is 6.42 Å². The van der Waals surface area contributed by atoms with Gasteiger partial charge < -0.3 is 10.2 Å². The summed E-state index contributed by atoms with van der Waals surface area (Å²) in [6.07, 6.45) is 4.28. The molecule has 0 spiro atoms. The van der Waals surface area contributed by atoms with Gasteiger partial charge in [-0.3, -0.25) is 4.79 Å². The van der Waals surface area contributed by atoms with Crippen molar-refractivity contribution >= 4 is 17.2 Å². The Labute approximate surface area is 120 Å². The van der Waals surface area contributed by atoms with Crippen LogP contribution < -0.4 is 5.32 Å². The molecule has 19 heavy (non-hydrogen) atoms. The van der Waals surface area contributed by atoms with Crippen molar-refractivity contribution in [2.75, 3.05) is 26.2 Å². The minimum Gasteiger partial charge on any atom is -0.356 e. The van der Waals surface area contributed by atoms with Crippen LogP contribution in [0.25, 0.3) is 0 Å². The lowest BCUT2D eigenvalue weighted by Gasteiger charge is -2.30. The van der Waals surface area contributed by atoms with Gasteiger partial charge in [0.1, 0.15) is 0 Å². The lowest BCUT2D eigenvalue weighted by molar-refractivity contribution is -0.120. The van der Waals surface area contributed by atoms with Crippen LogP contribution in [0.1, 0.15) is 31.1 Å². The number of likely N-dealkylation sites (tertiary alicyclic amines) is 1. The molecule has 2 heterocycles. The van der Waals surface area contributed by atoms with Crippen molar-refractivity contribution < 1.29 is 4.79 Å². The summed E-state index contributed by atoms with van der Waals surface area (Å²) in [5.41, 5.74) is 0. The highest BCUT2D eigenvalue weighted by molar-refractivity contribution is 7.10. The number of thiophene rings is 1. The zero-order valence-corrected chi connectivity index (χ0v) is 12.5. The first-order valence-corrected chi connectivity index (χ1v) is 8.13. The molecule has 1 amide bonds. The molecule has 0 aromatic carbocycles.